The third-order valence-electron chi connectivity index (χ3n) is 5.84. The molecule has 164 valence electrons. The fraction of sp³-hybridized carbons (Fsp3) is 0.148. The number of benzene rings is 3. The van der Waals surface area contributed by atoms with Crippen molar-refractivity contribution in [1.82, 2.24) is 9.55 Å². The van der Waals surface area contributed by atoms with Crippen LogP contribution in [0.3, 0.4) is 0 Å². The van der Waals surface area contributed by atoms with E-state index in [1.165, 1.54) is 11.8 Å². The van der Waals surface area contributed by atoms with Crippen LogP contribution in [0.25, 0.3) is 10.9 Å². The van der Waals surface area contributed by atoms with Crippen molar-refractivity contribution in [1.29, 1.82) is 0 Å². The SMILES string of the molecule is C=CCn1c(SCC(=O)N2c3ccccc3CCc3ccccc32)nc2ccccc2c1=O. The number of thioether (sulfide) groups is 1. The molecule has 0 radical (unpaired) electrons. The minimum absolute atomic E-state index is 0.0469. The highest BCUT2D eigenvalue weighted by Gasteiger charge is 2.26. The molecule has 1 amide bonds. The van der Waals surface area contributed by atoms with Crippen LogP contribution in [-0.2, 0) is 24.2 Å². The number of para-hydroxylation sites is 3. The first-order chi connectivity index (χ1) is 16.2. The van der Waals surface area contributed by atoms with Crippen LogP contribution in [0.15, 0.2) is 95.4 Å². The molecule has 0 bridgehead atoms. The van der Waals surface area contributed by atoms with Crippen molar-refractivity contribution in [3.63, 3.8) is 0 Å². The van der Waals surface area contributed by atoms with Crippen molar-refractivity contribution in [2.24, 2.45) is 0 Å². The van der Waals surface area contributed by atoms with E-state index in [1.54, 1.807) is 16.7 Å². The number of rotatable bonds is 5. The molecular weight excluding hydrogens is 430 g/mol. The van der Waals surface area contributed by atoms with Gasteiger partial charge in [0.1, 0.15) is 0 Å². The van der Waals surface area contributed by atoms with Crippen LogP contribution in [0.2, 0.25) is 0 Å². The molecular formula is C27H23N3O2S. The lowest BCUT2D eigenvalue weighted by Gasteiger charge is -2.25. The van der Waals surface area contributed by atoms with Crippen molar-refractivity contribution in [3.05, 3.63) is 107 Å². The van der Waals surface area contributed by atoms with E-state index in [1.807, 2.05) is 59.5 Å². The Balaban J connectivity index is 1.52. The summed E-state index contributed by atoms with van der Waals surface area (Å²) in [6, 6.07) is 23.4. The zero-order chi connectivity index (χ0) is 22.8. The molecule has 1 aromatic heterocycles. The number of aromatic nitrogens is 2. The van der Waals surface area contributed by atoms with Crippen LogP contribution >= 0.6 is 11.8 Å². The van der Waals surface area contributed by atoms with Gasteiger partial charge in [-0.15, -0.1) is 6.58 Å². The molecule has 0 saturated heterocycles. The number of fused-ring (bicyclic) bond motifs is 3. The van der Waals surface area contributed by atoms with Gasteiger partial charge in [0.2, 0.25) is 5.91 Å². The highest BCUT2D eigenvalue weighted by atomic mass is 32.2. The van der Waals surface area contributed by atoms with E-state index >= 15 is 0 Å². The number of allylic oxidation sites excluding steroid dienone is 1. The van der Waals surface area contributed by atoms with E-state index in [-0.39, 0.29) is 17.2 Å². The molecule has 5 rings (SSSR count). The van der Waals surface area contributed by atoms with Gasteiger partial charge < -0.3 is 0 Å². The molecule has 0 unspecified atom stereocenters. The standard InChI is InChI=1S/C27H23N3O2S/c1-2-17-29-26(32)21-11-5-6-12-22(21)28-27(29)33-18-25(31)30-23-13-7-3-9-19(23)15-16-20-10-4-8-14-24(20)30/h2-14H,1,15-18H2. The fourth-order valence-corrected chi connectivity index (χ4v) is 5.15. The Hall–Kier alpha value is -3.64. The molecule has 0 spiro atoms. The summed E-state index contributed by atoms with van der Waals surface area (Å²) >= 11 is 1.29. The third kappa shape index (κ3) is 3.98. The van der Waals surface area contributed by atoms with E-state index < -0.39 is 0 Å². The number of amides is 1. The van der Waals surface area contributed by atoms with Crippen LogP contribution < -0.4 is 10.5 Å². The monoisotopic (exact) mass is 453 g/mol. The number of hydrogen-bond acceptors (Lipinski definition) is 4. The normalized spacial score (nSPS) is 12.7. The summed E-state index contributed by atoms with van der Waals surface area (Å²) in [5, 5.41) is 1.08. The molecule has 1 aliphatic heterocycles. The van der Waals surface area contributed by atoms with E-state index in [9.17, 15) is 9.59 Å². The van der Waals surface area contributed by atoms with Crippen molar-refractivity contribution < 1.29 is 4.79 Å². The van der Waals surface area contributed by atoms with E-state index in [4.69, 9.17) is 0 Å². The molecule has 0 atom stereocenters. The minimum Gasteiger partial charge on any atom is -0.283 e. The van der Waals surface area contributed by atoms with Crippen LogP contribution in [-0.4, -0.2) is 21.2 Å². The molecule has 3 aromatic carbocycles. The van der Waals surface area contributed by atoms with Crippen LogP contribution in [0.1, 0.15) is 11.1 Å². The highest BCUT2D eigenvalue weighted by molar-refractivity contribution is 7.99. The summed E-state index contributed by atoms with van der Waals surface area (Å²) in [5.74, 6) is 0.110. The van der Waals surface area contributed by atoms with E-state index in [0.717, 1.165) is 35.3 Å². The van der Waals surface area contributed by atoms with Crippen LogP contribution in [0.4, 0.5) is 11.4 Å². The second-order valence-corrected chi connectivity index (χ2v) is 8.83. The number of hydrogen-bond donors (Lipinski definition) is 0. The minimum atomic E-state index is -0.124. The van der Waals surface area contributed by atoms with Crippen LogP contribution in [0.5, 0.6) is 0 Å². The Morgan fingerprint density at radius 2 is 1.55 bits per heavy atom. The number of nitrogens with zero attached hydrogens (tertiary/aromatic N) is 3. The molecule has 0 N–H and O–H groups in total. The summed E-state index contributed by atoms with van der Waals surface area (Å²) in [7, 11) is 0. The molecule has 0 saturated carbocycles. The van der Waals surface area contributed by atoms with Crippen molar-refractivity contribution in [2.45, 2.75) is 24.5 Å². The van der Waals surface area contributed by atoms with Crippen molar-refractivity contribution in [2.75, 3.05) is 10.7 Å². The Kier molecular flexibility index (Phi) is 5.84. The lowest BCUT2D eigenvalue weighted by molar-refractivity contribution is -0.115. The number of carbonyl (C=O) groups is 1. The van der Waals surface area contributed by atoms with Gasteiger partial charge in [-0.05, 0) is 48.2 Å². The van der Waals surface area contributed by atoms with Gasteiger partial charge in [0.25, 0.3) is 5.56 Å². The first-order valence-corrected chi connectivity index (χ1v) is 11.9. The summed E-state index contributed by atoms with van der Waals surface area (Å²) in [5.41, 5.74) is 4.65. The highest BCUT2D eigenvalue weighted by Crippen LogP contribution is 2.36. The largest absolute Gasteiger partial charge is 0.283 e. The Bertz CT molecular complexity index is 1380. The summed E-state index contributed by atoms with van der Waals surface area (Å²) in [6.07, 6.45) is 3.44. The Labute approximate surface area is 196 Å². The first-order valence-electron chi connectivity index (χ1n) is 10.9. The van der Waals surface area contributed by atoms with Gasteiger partial charge in [0, 0.05) is 6.54 Å². The molecule has 33 heavy (non-hydrogen) atoms. The van der Waals surface area contributed by atoms with Gasteiger partial charge in [-0.1, -0.05) is 66.4 Å². The maximum atomic E-state index is 13.6. The van der Waals surface area contributed by atoms with Crippen LogP contribution in [0, 0.1) is 0 Å². The zero-order valence-corrected chi connectivity index (χ0v) is 18.9. The molecule has 0 fully saturated rings. The maximum absolute atomic E-state index is 13.6. The number of anilines is 2. The Morgan fingerprint density at radius 1 is 0.939 bits per heavy atom. The van der Waals surface area contributed by atoms with Gasteiger partial charge in [-0.3, -0.25) is 19.1 Å². The molecule has 4 aromatic rings. The molecule has 1 aliphatic rings. The smallest absolute Gasteiger partial charge is 0.262 e. The van der Waals surface area contributed by atoms with E-state index in [0.29, 0.717) is 22.6 Å². The maximum Gasteiger partial charge on any atom is 0.262 e. The van der Waals surface area contributed by atoms with Crippen molar-refractivity contribution in [3.8, 4) is 0 Å². The zero-order valence-electron chi connectivity index (χ0n) is 18.1. The van der Waals surface area contributed by atoms with E-state index in [2.05, 4.69) is 23.7 Å². The van der Waals surface area contributed by atoms with Gasteiger partial charge >= 0.3 is 0 Å². The second-order valence-electron chi connectivity index (χ2n) is 7.89. The topological polar surface area (TPSA) is 55.2 Å². The molecule has 0 aliphatic carbocycles. The lowest BCUT2D eigenvalue weighted by atomic mass is 10.0. The third-order valence-corrected chi connectivity index (χ3v) is 6.80. The molecule has 2 heterocycles. The number of aryl methyl sites for hydroxylation is 2. The molecule has 5 nitrogen and oxygen atoms in total. The quantitative estimate of drug-likeness (QED) is 0.239. The molecule has 6 heteroatoms. The van der Waals surface area contributed by atoms with Gasteiger partial charge in [-0.2, -0.15) is 0 Å². The predicted molar refractivity (Wildman–Crippen MR) is 134 cm³/mol. The average Bonchev–Trinajstić information content (AvgIpc) is 3.01. The first kappa shape index (κ1) is 21.2. The summed E-state index contributed by atoms with van der Waals surface area (Å²) < 4.78 is 1.58. The van der Waals surface area contributed by atoms with Crippen molar-refractivity contribution >= 4 is 39.9 Å². The summed E-state index contributed by atoms with van der Waals surface area (Å²) in [4.78, 5) is 33.2. The fourth-order valence-electron chi connectivity index (χ4n) is 4.29. The lowest BCUT2D eigenvalue weighted by Crippen LogP contribution is -2.29. The number of carbonyl (C=O) groups excluding carboxylic acids is 1. The van der Waals surface area contributed by atoms with Gasteiger partial charge in [0.15, 0.2) is 5.16 Å². The average molecular weight is 454 g/mol. The van der Waals surface area contributed by atoms with Gasteiger partial charge in [0.05, 0.1) is 28.0 Å². The summed E-state index contributed by atoms with van der Waals surface area (Å²) in [6.45, 7) is 4.11. The second kappa shape index (κ2) is 9.08. The Morgan fingerprint density at radius 3 is 2.21 bits per heavy atom. The predicted octanol–water partition coefficient (Wildman–Crippen LogP) is 5.14. The van der Waals surface area contributed by atoms with Gasteiger partial charge in [-0.25, -0.2) is 4.98 Å².